The molecule has 3 nitrogen and oxygen atoms in total. The van der Waals surface area contributed by atoms with E-state index in [0.717, 1.165) is 13.2 Å². The van der Waals surface area contributed by atoms with E-state index in [1.165, 1.54) is 12.8 Å². The summed E-state index contributed by atoms with van der Waals surface area (Å²) in [5.74, 6) is 0. The van der Waals surface area contributed by atoms with E-state index < -0.39 is 5.43 Å². The van der Waals surface area contributed by atoms with Crippen LogP contribution in [0.25, 0.3) is 0 Å². The van der Waals surface area contributed by atoms with Crippen molar-refractivity contribution >= 4 is 17.0 Å². The van der Waals surface area contributed by atoms with Gasteiger partial charge in [-0.3, -0.25) is 0 Å². The molecule has 0 unspecified atom stereocenters. The third-order valence-electron chi connectivity index (χ3n) is 0.827. The molecule has 0 aromatic carbocycles. The molecule has 9 heavy (non-hydrogen) atoms. The maximum absolute atomic E-state index is 8.77. The highest BCUT2D eigenvalue weighted by Crippen LogP contribution is 1.98. The van der Waals surface area contributed by atoms with Gasteiger partial charge in [0.15, 0.2) is 0 Å². The molecule has 1 rings (SSSR count). The van der Waals surface area contributed by atoms with Crippen molar-refractivity contribution in [2.24, 2.45) is 0 Å². The first-order valence-corrected chi connectivity index (χ1v) is 3.07. The van der Waals surface area contributed by atoms with Gasteiger partial charge in [-0.25, -0.2) is 4.79 Å². The van der Waals surface area contributed by atoms with Crippen molar-refractivity contribution in [3.8, 4) is 0 Å². The van der Waals surface area contributed by atoms with Crippen molar-refractivity contribution in [3.05, 3.63) is 0 Å². The van der Waals surface area contributed by atoms with Crippen molar-refractivity contribution in [3.63, 3.8) is 0 Å². The minimum absolute atomic E-state index is 1.00. The summed E-state index contributed by atoms with van der Waals surface area (Å²) < 4.78 is 4.94. The van der Waals surface area contributed by atoms with E-state index >= 15 is 0 Å². The van der Waals surface area contributed by atoms with Crippen molar-refractivity contribution < 1.29 is 14.6 Å². The van der Waals surface area contributed by atoms with E-state index in [1.807, 2.05) is 0 Å². The topological polar surface area (TPSA) is 46.5 Å². The maximum atomic E-state index is 8.77. The molecule has 4 heteroatoms. The average molecular weight is 153 g/mol. The Balaban J connectivity index is 0.000000148. The van der Waals surface area contributed by atoms with E-state index in [9.17, 15) is 0 Å². The average Bonchev–Trinajstić information content (AvgIpc) is 2.11. The van der Waals surface area contributed by atoms with E-state index in [0.29, 0.717) is 0 Å². The van der Waals surface area contributed by atoms with Crippen LogP contribution in [-0.2, 0) is 4.74 Å². The van der Waals surface area contributed by atoms with Crippen LogP contribution in [0, 0.1) is 0 Å². The summed E-state index contributed by atoms with van der Waals surface area (Å²) in [5.41, 5.74) is -1.36. The van der Waals surface area contributed by atoms with Crippen LogP contribution in [0.15, 0.2) is 0 Å². The fraction of sp³-hybridized carbons (Fsp3) is 0.800. The van der Waals surface area contributed by atoms with Gasteiger partial charge in [-0.15, -0.1) is 0 Å². The monoisotopic (exact) mass is 152 g/mol. The van der Waals surface area contributed by atoms with Crippen molar-refractivity contribution in [1.29, 1.82) is 0 Å². The van der Waals surface area contributed by atoms with Gasteiger partial charge in [0.2, 0.25) is 0 Å². The highest BCUT2D eigenvalue weighted by Gasteiger charge is 1.94. The zero-order valence-electron chi connectivity index (χ0n) is 4.97. The highest BCUT2D eigenvalue weighted by molar-refractivity contribution is 6.60. The number of hydrogen-bond donors (Lipinski definition) is 1. The summed E-state index contributed by atoms with van der Waals surface area (Å²) in [6.45, 7) is 2.00. The standard InChI is InChI=1S/C4H8O.CHClO2/c1-2-4-5-3-1;2-1(3)4/h1-4H2;(H,3,4). The molecule has 1 aliphatic heterocycles. The van der Waals surface area contributed by atoms with Gasteiger partial charge < -0.3 is 9.84 Å². The zero-order valence-corrected chi connectivity index (χ0v) is 5.73. The molecule has 1 aliphatic rings. The quantitative estimate of drug-likeness (QED) is 0.538. The van der Waals surface area contributed by atoms with Crippen LogP contribution < -0.4 is 0 Å². The number of hydrogen-bond acceptors (Lipinski definition) is 2. The fourth-order valence-electron chi connectivity index (χ4n) is 0.510. The third-order valence-corrected chi connectivity index (χ3v) is 0.827. The smallest absolute Gasteiger partial charge is 0.401 e. The lowest BCUT2D eigenvalue weighted by atomic mass is 10.4. The second-order valence-electron chi connectivity index (χ2n) is 1.57. The van der Waals surface area contributed by atoms with Crippen LogP contribution in [0.2, 0.25) is 0 Å². The molecule has 0 radical (unpaired) electrons. The second kappa shape index (κ2) is 5.85. The largest absolute Gasteiger partial charge is 0.469 e. The summed E-state index contributed by atoms with van der Waals surface area (Å²) in [6.07, 6.45) is 2.56. The molecule has 1 saturated heterocycles. The Kier molecular flexibility index (Phi) is 5.67. The summed E-state index contributed by atoms with van der Waals surface area (Å²) >= 11 is 4.19. The molecular formula is C5H9ClO3. The van der Waals surface area contributed by atoms with Gasteiger partial charge in [-0.1, -0.05) is 0 Å². The van der Waals surface area contributed by atoms with E-state index in [2.05, 4.69) is 11.6 Å². The molecule has 1 heterocycles. The third kappa shape index (κ3) is 11.3. The van der Waals surface area contributed by atoms with Crippen LogP contribution in [0.3, 0.4) is 0 Å². The van der Waals surface area contributed by atoms with Crippen LogP contribution in [-0.4, -0.2) is 23.7 Å². The van der Waals surface area contributed by atoms with E-state index in [-0.39, 0.29) is 0 Å². The first-order chi connectivity index (χ1) is 4.23. The Morgan fingerprint density at radius 1 is 1.44 bits per heavy atom. The first kappa shape index (κ1) is 8.72. The number of halogens is 1. The summed E-state index contributed by atoms with van der Waals surface area (Å²) in [6, 6.07) is 0. The Morgan fingerprint density at radius 2 is 1.78 bits per heavy atom. The minimum atomic E-state index is -1.36. The van der Waals surface area contributed by atoms with Gasteiger partial charge in [-0.2, -0.15) is 0 Å². The normalized spacial score (nSPS) is 16.1. The molecule has 1 N–H and O–H groups in total. The van der Waals surface area contributed by atoms with Gasteiger partial charge in [0.05, 0.1) is 0 Å². The predicted octanol–water partition coefficient (Wildman–Crippen LogP) is 1.70. The highest BCUT2D eigenvalue weighted by atomic mass is 35.5. The molecule has 1 fully saturated rings. The lowest BCUT2D eigenvalue weighted by Crippen LogP contribution is -1.74. The van der Waals surface area contributed by atoms with Crippen LogP contribution >= 0.6 is 11.6 Å². The number of carbonyl (C=O) groups is 1. The number of ether oxygens (including phenoxy) is 1. The van der Waals surface area contributed by atoms with E-state index in [1.54, 1.807) is 0 Å². The summed E-state index contributed by atoms with van der Waals surface area (Å²) in [5, 5.41) is 7.18. The Bertz CT molecular complexity index is 68.7. The molecule has 0 atom stereocenters. The van der Waals surface area contributed by atoms with Crippen LogP contribution in [0.1, 0.15) is 12.8 Å². The van der Waals surface area contributed by atoms with Gasteiger partial charge >= 0.3 is 5.43 Å². The molecular weight excluding hydrogens is 144 g/mol. The van der Waals surface area contributed by atoms with E-state index in [4.69, 9.17) is 14.6 Å². The maximum Gasteiger partial charge on any atom is 0.401 e. The minimum Gasteiger partial charge on any atom is -0.469 e. The van der Waals surface area contributed by atoms with Crippen LogP contribution in [0.4, 0.5) is 4.79 Å². The Morgan fingerprint density at radius 3 is 1.89 bits per heavy atom. The molecule has 0 bridgehead atoms. The first-order valence-electron chi connectivity index (χ1n) is 2.69. The summed E-state index contributed by atoms with van der Waals surface area (Å²) in [4.78, 5) is 8.77. The van der Waals surface area contributed by atoms with Gasteiger partial charge in [0.1, 0.15) is 0 Å². The fourth-order valence-corrected chi connectivity index (χ4v) is 0.510. The molecule has 54 valence electrons. The Labute approximate surface area is 58.6 Å². The van der Waals surface area contributed by atoms with Crippen molar-refractivity contribution in [2.45, 2.75) is 12.8 Å². The molecule has 0 aliphatic carbocycles. The van der Waals surface area contributed by atoms with Crippen LogP contribution in [0.5, 0.6) is 0 Å². The molecule has 0 aromatic rings. The van der Waals surface area contributed by atoms with Gasteiger partial charge in [0.25, 0.3) is 0 Å². The lowest BCUT2D eigenvalue weighted by molar-refractivity contribution is 0.198. The summed E-state index contributed by atoms with van der Waals surface area (Å²) in [7, 11) is 0. The van der Waals surface area contributed by atoms with Gasteiger partial charge in [0, 0.05) is 24.8 Å². The number of carboxylic acid groups (broad SMARTS) is 1. The molecule has 0 aromatic heterocycles. The van der Waals surface area contributed by atoms with Gasteiger partial charge in [-0.05, 0) is 12.8 Å². The molecule has 0 saturated carbocycles. The van der Waals surface area contributed by atoms with Crippen molar-refractivity contribution in [2.75, 3.05) is 13.2 Å². The Hall–Kier alpha value is -0.280. The molecule has 0 amide bonds. The second-order valence-corrected chi connectivity index (χ2v) is 1.90. The SMILES string of the molecule is C1CCOC1.O=C(O)Cl. The predicted molar refractivity (Wildman–Crippen MR) is 33.9 cm³/mol. The molecule has 0 spiro atoms. The van der Waals surface area contributed by atoms with Crippen molar-refractivity contribution in [1.82, 2.24) is 0 Å². The lowest BCUT2D eigenvalue weighted by Gasteiger charge is -1.76. The zero-order chi connectivity index (χ0) is 7.11. The number of rotatable bonds is 0.